The Morgan fingerprint density at radius 3 is 2.72 bits per heavy atom. The summed E-state index contributed by atoms with van der Waals surface area (Å²) in [5, 5.41) is 3.20. The van der Waals surface area contributed by atoms with Crippen LogP contribution in [0, 0.1) is 0 Å². The lowest BCUT2D eigenvalue weighted by atomic mass is 9.96. The Labute approximate surface area is 116 Å². The summed E-state index contributed by atoms with van der Waals surface area (Å²) < 4.78 is 1.03. The van der Waals surface area contributed by atoms with Gasteiger partial charge >= 0.3 is 0 Å². The minimum Gasteiger partial charge on any atom is -0.325 e. The Morgan fingerprint density at radius 2 is 2.06 bits per heavy atom. The van der Waals surface area contributed by atoms with Gasteiger partial charge in [-0.05, 0) is 31.0 Å². The molecule has 0 amide bonds. The standard InChI is InChI=1S/C13H19BrN4/c14-10-5-4-8-12(9-10)17-13(18-15)16-11-6-2-1-3-7-11/h4-5,8-9,11H,1-3,6-7,15H2,(H2,16,17,18). The van der Waals surface area contributed by atoms with Crippen LogP contribution in [-0.2, 0) is 0 Å². The number of nitrogens with two attached hydrogens (primary N) is 1. The van der Waals surface area contributed by atoms with Crippen molar-refractivity contribution in [3.63, 3.8) is 0 Å². The summed E-state index contributed by atoms with van der Waals surface area (Å²) in [5.74, 6) is 6.16. The number of aliphatic imine (C=N–C) groups is 1. The lowest BCUT2D eigenvalue weighted by Crippen LogP contribution is -2.37. The molecular formula is C13H19BrN4. The molecule has 5 heteroatoms. The third-order valence-electron chi connectivity index (χ3n) is 3.11. The summed E-state index contributed by atoms with van der Waals surface area (Å²) in [7, 11) is 0. The van der Waals surface area contributed by atoms with Crippen LogP contribution in [0.1, 0.15) is 32.1 Å². The van der Waals surface area contributed by atoms with E-state index in [1.807, 2.05) is 24.3 Å². The maximum absolute atomic E-state index is 5.52. The number of anilines is 1. The van der Waals surface area contributed by atoms with Gasteiger partial charge in [-0.1, -0.05) is 41.3 Å². The molecule has 0 aliphatic heterocycles. The van der Waals surface area contributed by atoms with Crippen molar-refractivity contribution >= 4 is 27.6 Å². The predicted octanol–water partition coefficient (Wildman–Crippen LogP) is 3.01. The molecule has 4 N–H and O–H groups in total. The minimum absolute atomic E-state index is 0.393. The van der Waals surface area contributed by atoms with Crippen LogP contribution in [0.15, 0.2) is 33.7 Å². The molecule has 0 saturated heterocycles. The second kappa shape index (κ2) is 6.75. The molecule has 0 heterocycles. The molecule has 1 aliphatic carbocycles. The van der Waals surface area contributed by atoms with E-state index in [1.54, 1.807) is 0 Å². The zero-order valence-corrected chi connectivity index (χ0v) is 11.9. The van der Waals surface area contributed by atoms with Crippen LogP contribution in [0.3, 0.4) is 0 Å². The molecular weight excluding hydrogens is 292 g/mol. The zero-order valence-electron chi connectivity index (χ0n) is 10.3. The maximum atomic E-state index is 5.52. The molecule has 98 valence electrons. The normalized spacial score (nSPS) is 17.6. The topological polar surface area (TPSA) is 62.4 Å². The lowest BCUT2D eigenvalue weighted by molar-refractivity contribution is 0.442. The summed E-state index contributed by atoms with van der Waals surface area (Å²) in [6, 6.07) is 8.33. The van der Waals surface area contributed by atoms with E-state index in [0.717, 1.165) is 23.0 Å². The molecule has 0 radical (unpaired) electrons. The number of guanidine groups is 1. The number of rotatable bonds is 2. The van der Waals surface area contributed by atoms with E-state index in [2.05, 4.69) is 31.7 Å². The van der Waals surface area contributed by atoms with Gasteiger partial charge in [0.1, 0.15) is 0 Å². The first-order valence-electron chi connectivity index (χ1n) is 6.35. The van der Waals surface area contributed by atoms with E-state index in [4.69, 9.17) is 5.84 Å². The van der Waals surface area contributed by atoms with Gasteiger partial charge in [-0.25, -0.2) is 10.8 Å². The SMILES string of the molecule is NNC(=NC1CCCCC1)Nc1cccc(Br)c1. The molecule has 0 atom stereocenters. The van der Waals surface area contributed by atoms with Crippen molar-refractivity contribution in [2.45, 2.75) is 38.1 Å². The molecule has 2 rings (SSSR count). The van der Waals surface area contributed by atoms with Crippen LogP contribution in [0.2, 0.25) is 0 Å². The summed E-state index contributed by atoms with van der Waals surface area (Å²) in [4.78, 5) is 4.63. The molecule has 1 saturated carbocycles. The van der Waals surface area contributed by atoms with Gasteiger partial charge in [0.15, 0.2) is 0 Å². The van der Waals surface area contributed by atoms with E-state index in [9.17, 15) is 0 Å². The van der Waals surface area contributed by atoms with Gasteiger partial charge in [-0.3, -0.25) is 5.43 Å². The quantitative estimate of drug-likeness (QED) is 0.340. The van der Waals surface area contributed by atoms with Gasteiger partial charge in [0.05, 0.1) is 6.04 Å². The fourth-order valence-electron chi connectivity index (χ4n) is 2.20. The molecule has 1 fully saturated rings. The molecule has 0 spiro atoms. The van der Waals surface area contributed by atoms with E-state index < -0.39 is 0 Å². The monoisotopic (exact) mass is 310 g/mol. The molecule has 0 unspecified atom stereocenters. The van der Waals surface area contributed by atoms with Gasteiger partial charge in [-0.2, -0.15) is 0 Å². The Kier molecular flexibility index (Phi) is 5.01. The third kappa shape index (κ3) is 3.99. The van der Waals surface area contributed by atoms with Crippen LogP contribution in [0.25, 0.3) is 0 Å². The second-order valence-electron chi connectivity index (χ2n) is 4.55. The predicted molar refractivity (Wildman–Crippen MR) is 79.4 cm³/mol. The Balaban J connectivity index is 2.01. The molecule has 4 nitrogen and oxygen atoms in total. The number of nitrogens with one attached hydrogen (secondary N) is 2. The van der Waals surface area contributed by atoms with Crippen LogP contribution in [-0.4, -0.2) is 12.0 Å². The van der Waals surface area contributed by atoms with Crippen molar-refractivity contribution in [2.75, 3.05) is 5.32 Å². The number of benzene rings is 1. The largest absolute Gasteiger partial charge is 0.325 e. The number of nitrogens with zero attached hydrogens (tertiary/aromatic N) is 1. The van der Waals surface area contributed by atoms with Crippen molar-refractivity contribution in [2.24, 2.45) is 10.8 Å². The van der Waals surface area contributed by atoms with Crippen LogP contribution in [0.5, 0.6) is 0 Å². The minimum atomic E-state index is 0.393. The molecule has 18 heavy (non-hydrogen) atoms. The number of hydrazine groups is 1. The highest BCUT2D eigenvalue weighted by molar-refractivity contribution is 9.10. The average Bonchev–Trinajstić information content (AvgIpc) is 2.39. The van der Waals surface area contributed by atoms with Crippen molar-refractivity contribution in [3.8, 4) is 0 Å². The van der Waals surface area contributed by atoms with E-state index >= 15 is 0 Å². The van der Waals surface area contributed by atoms with E-state index in [1.165, 1.54) is 19.3 Å². The maximum Gasteiger partial charge on any atom is 0.210 e. The number of hydrogen-bond acceptors (Lipinski definition) is 2. The van der Waals surface area contributed by atoms with E-state index in [-0.39, 0.29) is 0 Å². The highest BCUT2D eigenvalue weighted by Gasteiger charge is 2.13. The highest BCUT2D eigenvalue weighted by atomic mass is 79.9. The van der Waals surface area contributed by atoms with Crippen molar-refractivity contribution < 1.29 is 0 Å². The molecule has 1 aromatic rings. The molecule has 0 bridgehead atoms. The van der Waals surface area contributed by atoms with Gasteiger partial charge in [0, 0.05) is 10.2 Å². The van der Waals surface area contributed by atoms with Crippen molar-refractivity contribution in [3.05, 3.63) is 28.7 Å². The summed E-state index contributed by atoms with van der Waals surface area (Å²) in [5.41, 5.74) is 3.61. The first-order chi connectivity index (χ1) is 8.78. The second-order valence-corrected chi connectivity index (χ2v) is 5.46. The summed E-state index contributed by atoms with van der Waals surface area (Å²) >= 11 is 3.44. The fraction of sp³-hybridized carbons (Fsp3) is 0.462. The Morgan fingerprint density at radius 1 is 1.28 bits per heavy atom. The van der Waals surface area contributed by atoms with Gasteiger partial charge in [0.25, 0.3) is 0 Å². The number of halogens is 1. The Hall–Kier alpha value is -1.07. The molecule has 1 aromatic carbocycles. The summed E-state index contributed by atoms with van der Waals surface area (Å²) in [6.45, 7) is 0. The fourth-order valence-corrected chi connectivity index (χ4v) is 2.60. The van der Waals surface area contributed by atoms with Gasteiger partial charge in [-0.15, -0.1) is 0 Å². The zero-order chi connectivity index (χ0) is 12.8. The molecule has 0 aromatic heterocycles. The van der Waals surface area contributed by atoms with Crippen molar-refractivity contribution in [1.29, 1.82) is 0 Å². The molecule has 1 aliphatic rings. The third-order valence-corrected chi connectivity index (χ3v) is 3.60. The summed E-state index contributed by atoms with van der Waals surface area (Å²) in [6.07, 6.45) is 6.18. The van der Waals surface area contributed by atoms with Crippen LogP contribution >= 0.6 is 15.9 Å². The van der Waals surface area contributed by atoms with Crippen molar-refractivity contribution in [1.82, 2.24) is 5.43 Å². The number of hydrogen-bond donors (Lipinski definition) is 3. The lowest BCUT2D eigenvalue weighted by Gasteiger charge is -2.19. The highest BCUT2D eigenvalue weighted by Crippen LogP contribution is 2.20. The van der Waals surface area contributed by atoms with Crippen LogP contribution in [0.4, 0.5) is 5.69 Å². The Bertz CT molecular complexity index is 413. The first kappa shape index (κ1) is 13.4. The van der Waals surface area contributed by atoms with Gasteiger partial charge in [0.2, 0.25) is 5.96 Å². The first-order valence-corrected chi connectivity index (χ1v) is 7.14. The average molecular weight is 311 g/mol. The smallest absolute Gasteiger partial charge is 0.210 e. The van der Waals surface area contributed by atoms with Gasteiger partial charge < -0.3 is 5.32 Å². The van der Waals surface area contributed by atoms with E-state index in [0.29, 0.717) is 12.0 Å². The van der Waals surface area contributed by atoms with Crippen LogP contribution < -0.4 is 16.6 Å².